The number of nitrogens with one attached hydrogen (secondary N) is 1. The summed E-state index contributed by atoms with van der Waals surface area (Å²) >= 11 is 0. The number of phenols is 2. The molecule has 0 saturated carbocycles. The highest BCUT2D eigenvalue weighted by atomic mass is 16.5. The molecule has 150 valence electrons. The van der Waals surface area contributed by atoms with Gasteiger partial charge < -0.3 is 20.3 Å². The van der Waals surface area contributed by atoms with Crippen LogP contribution in [0.5, 0.6) is 11.5 Å². The van der Waals surface area contributed by atoms with Crippen molar-refractivity contribution >= 4 is 11.9 Å². The molecule has 0 radical (unpaired) electrons. The van der Waals surface area contributed by atoms with Crippen LogP contribution in [-0.2, 0) is 27.2 Å². The topological polar surface area (TPSA) is 95.9 Å². The van der Waals surface area contributed by atoms with Gasteiger partial charge in [0.15, 0.2) is 0 Å². The molecule has 0 aliphatic carbocycles. The van der Waals surface area contributed by atoms with Crippen molar-refractivity contribution in [3.63, 3.8) is 0 Å². The molecule has 2 aromatic carbocycles. The monoisotopic (exact) mass is 385 g/mol. The number of amides is 1. The van der Waals surface area contributed by atoms with Crippen molar-refractivity contribution in [2.45, 2.75) is 45.1 Å². The number of aryl methyl sites for hydroxylation is 1. The lowest BCUT2D eigenvalue weighted by Gasteiger charge is -2.18. The maximum atomic E-state index is 12.4. The Morgan fingerprint density at radius 1 is 0.964 bits per heavy atom. The Morgan fingerprint density at radius 2 is 1.54 bits per heavy atom. The van der Waals surface area contributed by atoms with Gasteiger partial charge in [0.1, 0.15) is 17.5 Å². The fourth-order valence-electron chi connectivity index (χ4n) is 2.67. The first-order valence-corrected chi connectivity index (χ1v) is 9.49. The number of aromatic hydroxyl groups is 2. The minimum absolute atomic E-state index is 0.142. The van der Waals surface area contributed by atoms with E-state index in [1.54, 1.807) is 48.5 Å². The summed E-state index contributed by atoms with van der Waals surface area (Å²) in [5.41, 5.74) is 1.74. The number of hydrogen-bond acceptors (Lipinski definition) is 5. The predicted octanol–water partition coefficient (Wildman–Crippen LogP) is 3.10. The molecule has 2 rings (SSSR count). The van der Waals surface area contributed by atoms with Crippen molar-refractivity contribution in [1.29, 1.82) is 0 Å². The molecule has 1 unspecified atom stereocenters. The van der Waals surface area contributed by atoms with Crippen molar-refractivity contribution in [2.24, 2.45) is 0 Å². The maximum absolute atomic E-state index is 12.4. The zero-order valence-corrected chi connectivity index (χ0v) is 16.1. The summed E-state index contributed by atoms with van der Waals surface area (Å²) in [7, 11) is 0. The highest BCUT2D eigenvalue weighted by Gasteiger charge is 2.22. The molecule has 6 heteroatoms. The number of rotatable bonds is 10. The van der Waals surface area contributed by atoms with Crippen LogP contribution in [0.25, 0.3) is 0 Å². The van der Waals surface area contributed by atoms with Crippen molar-refractivity contribution in [3.05, 3.63) is 59.7 Å². The number of ether oxygens (including phenoxy) is 1. The first-order valence-electron chi connectivity index (χ1n) is 9.49. The standard InChI is InChI=1S/C22H27NO5/c1-2-3-14-28-22(27)20(15-17-6-11-19(25)12-7-17)23-21(26)13-8-16-4-9-18(24)10-5-16/h4-7,9-12,20,24-25H,2-3,8,13-15H2,1H3,(H,23,26). The second-order valence-electron chi connectivity index (χ2n) is 6.68. The number of benzene rings is 2. The van der Waals surface area contributed by atoms with Gasteiger partial charge in [0.2, 0.25) is 5.91 Å². The molecule has 2 aromatic rings. The minimum atomic E-state index is -0.784. The first kappa shape index (κ1) is 21.3. The van der Waals surface area contributed by atoms with E-state index in [1.165, 1.54) is 0 Å². The molecule has 0 aliphatic rings. The summed E-state index contributed by atoms with van der Waals surface area (Å²) < 4.78 is 5.29. The number of hydrogen-bond donors (Lipinski definition) is 3. The van der Waals surface area contributed by atoms with Crippen LogP contribution < -0.4 is 5.32 Å². The van der Waals surface area contributed by atoms with Crippen molar-refractivity contribution in [3.8, 4) is 11.5 Å². The summed E-state index contributed by atoms with van der Waals surface area (Å²) in [4.78, 5) is 24.8. The molecule has 1 atom stereocenters. The Morgan fingerprint density at radius 3 is 2.11 bits per heavy atom. The number of esters is 1. The first-order chi connectivity index (χ1) is 13.5. The van der Waals surface area contributed by atoms with E-state index in [9.17, 15) is 19.8 Å². The molecular weight excluding hydrogens is 358 g/mol. The van der Waals surface area contributed by atoms with E-state index < -0.39 is 12.0 Å². The van der Waals surface area contributed by atoms with Gasteiger partial charge in [-0.3, -0.25) is 4.79 Å². The average molecular weight is 385 g/mol. The largest absolute Gasteiger partial charge is 0.508 e. The van der Waals surface area contributed by atoms with Gasteiger partial charge in [0.25, 0.3) is 0 Å². The predicted molar refractivity (Wildman–Crippen MR) is 106 cm³/mol. The molecule has 0 saturated heterocycles. The van der Waals surface area contributed by atoms with Crippen molar-refractivity contribution in [1.82, 2.24) is 5.32 Å². The van der Waals surface area contributed by atoms with E-state index >= 15 is 0 Å². The summed E-state index contributed by atoms with van der Waals surface area (Å²) in [6.45, 7) is 2.33. The summed E-state index contributed by atoms with van der Waals surface area (Å²) in [5.74, 6) is -0.385. The summed E-state index contributed by atoms with van der Waals surface area (Å²) in [6.07, 6.45) is 2.69. The van der Waals surface area contributed by atoms with Gasteiger partial charge in [-0.05, 0) is 48.2 Å². The Balaban J connectivity index is 1.96. The van der Waals surface area contributed by atoms with Crippen LogP contribution in [0, 0.1) is 0 Å². The van der Waals surface area contributed by atoms with Crippen LogP contribution in [0.2, 0.25) is 0 Å². The van der Waals surface area contributed by atoms with Gasteiger partial charge >= 0.3 is 5.97 Å². The highest BCUT2D eigenvalue weighted by Crippen LogP contribution is 2.13. The summed E-state index contributed by atoms with van der Waals surface area (Å²) in [6, 6.07) is 12.4. The smallest absolute Gasteiger partial charge is 0.328 e. The van der Waals surface area contributed by atoms with Gasteiger partial charge in [-0.15, -0.1) is 0 Å². The van der Waals surface area contributed by atoms with E-state index in [-0.39, 0.29) is 30.2 Å². The molecule has 0 heterocycles. The maximum Gasteiger partial charge on any atom is 0.328 e. The molecule has 0 fully saturated rings. The van der Waals surface area contributed by atoms with Crippen LogP contribution in [0.1, 0.15) is 37.3 Å². The van der Waals surface area contributed by atoms with Crippen LogP contribution in [-0.4, -0.2) is 34.7 Å². The van der Waals surface area contributed by atoms with Crippen molar-refractivity contribution < 1.29 is 24.5 Å². The van der Waals surface area contributed by atoms with Crippen LogP contribution in [0.3, 0.4) is 0 Å². The number of unbranched alkanes of at least 4 members (excludes halogenated alkanes) is 1. The Kier molecular flexibility index (Phi) is 8.34. The number of carbonyl (C=O) groups is 2. The lowest BCUT2D eigenvalue weighted by molar-refractivity contribution is -0.148. The zero-order valence-electron chi connectivity index (χ0n) is 16.1. The van der Waals surface area contributed by atoms with E-state index in [1.807, 2.05) is 6.92 Å². The second kappa shape index (κ2) is 11.0. The molecule has 1 amide bonds. The fraction of sp³-hybridized carbons (Fsp3) is 0.364. The van der Waals surface area contributed by atoms with E-state index in [0.717, 1.165) is 24.0 Å². The van der Waals surface area contributed by atoms with Crippen LogP contribution in [0.4, 0.5) is 0 Å². The van der Waals surface area contributed by atoms with Crippen LogP contribution >= 0.6 is 0 Å². The lowest BCUT2D eigenvalue weighted by atomic mass is 10.0. The lowest BCUT2D eigenvalue weighted by Crippen LogP contribution is -2.43. The molecule has 0 aromatic heterocycles. The molecule has 28 heavy (non-hydrogen) atoms. The van der Waals surface area contributed by atoms with Crippen molar-refractivity contribution in [2.75, 3.05) is 6.61 Å². The fourth-order valence-corrected chi connectivity index (χ4v) is 2.67. The van der Waals surface area contributed by atoms with Gasteiger partial charge in [-0.2, -0.15) is 0 Å². The normalized spacial score (nSPS) is 11.6. The number of carbonyl (C=O) groups excluding carboxylic acids is 2. The van der Waals surface area contributed by atoms with Gasteiger partial charge in [0, 0.05) is 12.8 Å². The Hall–Kier alpha value is -3.02. The van der Waals surface area contributed by atoms with E-state index in [0.29, 0.717) is 13.0 Å². The molecule has 3 N–H and O–H groups in total. The Bertz CT molecular complexity index is 756. The van der Waals surface area contributed by atoms with Gasteiger partial charge in [0.05, 0.1) is 6.61 Å². The number of phenolic OH excluding ortho intramolecular Hbond substituents is 2. The van der Waals surface area contributed by atoms with E-state index in [2.05, 4.69) is 5.32 Å². The SMILES string of the molecule is CCCCOC(=O)C(Cc1ccc(O)cc1)NC(=O)CCc1ccc(O)cc1. The van der Waals surface area contributed by atoms with Gasteiger partial charge in [-0.1, -0.05) is 37.6 Å². The zero-order chi connectivity index (χ0) is 20.4. The third-order valence-corrected chi connectivity index (χ3v) is 4.32. The molecule has 0 spiro atoms. The molecular formula is C22H27NO5. The molecule has 6 nitrogen and oxygen atoms in total. The summed E-state index contributed by atoms with van der Waals surface area (Å²) in [5, 5.41) is 21.5. The van der Waals surface area contributed by atoms with Crippen LogP contribution in [0.15, 0.2) is 48.5 Å². The quantitative estimate of drug-likeness (QED) is 0.431. The van der Waals surface area contributed by atoms with E-state index in [4.69, 9.17) is 4.74 Å². The molecule has 0 aliphatic heterocycles. The minimum Gasteiger partial charge on any atom is -0.508 e. The van der Waals surface area contributed by atoms with Gasteiger partial charge in [-0.25, -0.2) is 4.79 Å². The second-order valence-corrected chi connectivity index (χ2v) is 6.68. The molecule has 0 bridgehead atoms. The Labute approximate surface area is 165 Å². The third-order valence-electron chi connectivity index (χ3n) is 4.32. The average Bonchev–Trinajstić information content (AvgIpc) is 2.69. The third kappa shape index (κ3) is 7.31. The highest BCUT2D eigenvalue weighted by molar-refractivity contribution is 5.84.